The highest BCUT2D eigenvalue weighted by molar-refractivity contribution is 7.15. The Bertz CT molecular complexity index is 476. The van der Waals surface area contributed by atoms with Gasteiger partial charge >= 0.3 is 0 Å². The van der Waals surface area contributed by atoms with Crippen molar-refractivity contribution in [1.82, 2.24) is 10.3 Å². The van der Waals surface area contributed by atoms with E-state index in [4.69, 9.17) is 4.98 Å². The Balaban J connectivity index is 1.86. The summed E-state index contributed by atoms with van der Waals surface area (Å²) in [4.78, 5) is 8.97. The van der Waals surface area contributed by atoms with Crippen molar-refractivity contribution < 1.29 is 0 Å². The molecule has 1 heterocycles. The minimum absolute atomic E-state index is 0.361. The number of thiazole rings is 1. The van der Waals surface area contributed by atoms with E-state index in [9.17, 15) is 0 Å². The summed E-state index contributed by atoms with van der Waals surface area (Å²) in [6.07, 6.45) is 5.16. The lowest BCUT2D eigenvalue weighted by Crippen LogP contribution is -2.30. The standard InChI is InChI=1S/C16H27N3S/c1-5-19(10-11-6-7-11)15-18-13-9-16(2,3)8-12(17-4)14(13)20-15/h11-12,17H,5-10H2,1-4H3. The third-order valence-corrected chi connectivity index (χ3v) is 5.88. The fraction of sp³-hybridized carbons (Fsp3) is 0.812. The molecule has 1 aromatic heterocycles. The number of anilines is 1. The van der Waals surface area contributed by atoms with Crippen molar-refractivity contribution in [3.05, 3.63) is 10.6 Å². The monoisotopic (exact) mass is 293 g/mol. The van der Waals surface area contributed by atoms with Crippen LogP contribution in [0.4, 0.5) is 5.13 Å². The average molecular weight is 293 g/mol. The topological polar surface area (TPSA) is 28.2 Å². The van der Waals surface area contributed by atoms with Crippen LogP contribution in [0.1, 0.15) is 56.6 Å². The Kier molecular flexibility index (Phi) is 3.80. The summed E-state index contributed by atoms with van der Waals surface area (Å²) in [6.45, 7) is 9.26. The van der Waals surface area contributed by atoms with Gasteiger partial charge in [0.25, 0.3) is 0 Å². The molecule has 0 amide bonds. The molecule has 0 spiro atoms. The highest BCUT2D eigenvalue weighted by Crippen LogP contribution is 2.45. The maximum absolute atomic E-state index is 5.00. The molecule has 3 rings (SSSR count). The highest BCUT2D eigenvalue weighted by atomic mass is 32.1. The predicted octanol–water partition coefficient (Wildman–Crippen LogP) is 3.61. The van der Waals surface area contributed by atoms with Gasteiger partial charge in [0.1, 0.15) is 0 Å². The van der Waals surface area contributed by atoms with Crippen LogP contribution in [-0.2, 0) is 6.42 Å². The molecule has 0 aliphatic heterocycles. The smallest absolute Gasteiger partial charge is 0.185 e. The van der Waals surface area contributed by atoms with Crippen LogP contribution in [-0.4, -0.2) is 25.1 Å². The zero-order valence-electron chi connectivity index (χ0n) is 13.2. The first-order chi connectivity index (χ1) is 9.52. The fourth-order valence-corrected chi connectivity index (χ4v) is 4.51. The van der Waals surface area contributed by atoms with Gasteiger partial charge in [-0.1, -0.05) is 25.2 Å². The number of fused-ring (bicyclic) bond motifs is 1. The number of nitrogens with one attached hydrogen (secondary N) is 1. The number of nitrogens with zero attached hydrogens (tertiary/aromatic N) is 2. The van der Waals surface area contributed by atoms with Crippen molar-refractivity contribution in [1.29, 1.82) is 0 Å². The van der Waals surface area contributed by atoms with E-state index in [1.807, 2.05) is 11.3 Å². The maximum Gasteiger partial charge on any atom is 0.185 e. The van der Waals surface area contributed by atoms with E-state index in [1.54, 1.807) is 0 Å². The van der Waals surface area contributed by atoms with Crippen molar-refractivity contribution in [3.63, 3.8) is 0 Å². The van der Waals surface area contributed by atoms with Gasteiger partial charge in [0.2, 0.25) is 0 Å². The van der Waals surface area contributed by atoms with E-state index in [2.05, 4.69) is 38.0 Å². The van der Waals surface area contributed by atoms with Crippen LogP contribution >= 0.6 is 11.3 Å². The lowest BCUT2D eigenvalue weighted by Gasteiger charge is -2.34. The molecule has 0 aromatic carbocycles. The molecule has 1 N–H and O–H groups in total. The van der Waals surface area contributed by atoms with Crippen molar-refractivity contribution in [2.45, 2.75) is 52.5 Å². The summed E-state index contributed by atoms with van der Waals surface area (Å²) in [6, 6.07) is 0.486. The van der Waals surface area contributed by atoms with E-state index >= 15 is 0 Å². The number of aromatic nitrogens is 1. The first kappa shape index (κ1) is 14.3. The van der Waals surface area contributed by atoms with E-state index in [0.717, 1.165) is 18.9 Å². The maximum atomic E-state index is 5.00. The molecular formula is C16H27N3S. The number of hydrogen-bond donors (Lipinski definition) is 1. The van der Waals surface area contributed by atoms with Crippen LogP contribution < -0.4 is 10.2 Å². The lowest BCUT2D eigenvalue weighted by molar-refractivity contribution is 0.265. The van der Waals surface area contributed by atoms with E-state index < -0.39 is 0 Å². The van der Waals surface area contributed by atoms with Gasteiger partial charge in [-0.25, -0.2) is 4.98 Å². The van der Waals surface area contributed by atoms with Crippen LogP contribution in [0.3, 0.4) is 0 Å². The molecule has 1 unspecified atom stereocenters. The van der Waals surface area contributed by atoms with Gasteiger partial charge in [0.15, 0.2) is 5.13 Å². The SMILES string of the molecule is CCN(CC1CC1)c1nc2c(s1)C(NC)CC(C)(C)C2. The van der Waals surface area contributed by atoms with Crippen LogP contribution in [0.25, 0.3) is 0 Å². The summed E-state index contributed by atoms with van der Waals surface area (Å²) >= 11 is 1.92. The highest BCUT2D eigenvalue weighted by Gasteiger charge is 2.35. The van der Waals surface area contributed by atoms with E-state index in [1.165, 1.54) is 41.5 Å². The summed E-state index contributed by atoms with van der Waals surface area (Å²) in [5, 5.41) is 4.74. The molecule has 0 saturated heterocycles. The van der Waals surface area contributed by atoms with Gasteiger partial charge in [-0.15, -0.1) is 0 Å². The largest absolute Gasteiger partial charge is 0.348 e. The number of rotatable bonds is 5. The van der Waals surface area contributed by atoms with Crippen molar-refractivity contribution in [2.75, 3.05) is 25.0 Å². The zero-order valence-corrected chi connectivity index (χ0v) is 14.0. The summed E-state index contributed by atoms with van der Waals surface area (Å²) < 4.78 is 0. The van der Waals surface area contributed by atoms with Gasteiger partial charge in [-0.3, -0.25) is 0 Å². The Hall–Kier alpha value is -0.610. The Morgan fingerprint density at radius 2 is 2.15 bits per heavy atom. The first-order valence-electron chi connectivity index (χ1n) is 7.94. The molecule has 1 aromatic rings. The zero-order chi connectivity index (χ0) is 14.3. The average Bonchev–Trinajstić information content (AvgIpc) is 3.12. The predicted molar refractivity (Wildman–Crippen MR) is 86.6 cm³/mol. The van der Waals surface area contributed by atoms with Crippen LogP contribution in [0.15, 0.2) is 0 Å². The molecule has 112 valence electrons. The molecule has 4 heteroatoms. The Morgan fingerprint density at radius 3 is 2.75 bits per heavy atom. The molecule has 0 bridgehead atoms. The van der Waals surface area contributed by atoms with Crippen LogP contribution in [0, 0.1) is 11.3 Å². The Morgan fingerprint density at radius 1 is 1.40 bits per heavy atom. The third kappa shape index (κ3) is 2.86. The van der Waals surface area contributed by atoms with Gasteiger partial charge in [0, 0.05) is 24.0 Å². The van der Waals surface area contributed by atoms with Gasteiger partial charge in [-0.05, 0) is 51.0 Å². The number of hydrogen-bond acceptors (Lipinski definition) is 4. The Labute approximate surface area is 126 Å². The lowest BCUT2D eigenvalue weighted by atomic mass is 9.76. The molecule has 1 saturated carbocycles. The molecule has 3 nitrogen and oxygen atoms in total. The summed E-state index contributed by atoms with van der Waals surface area (Å²) in [5.41, 5.74) is 1.70. The summed E-state index contributed by atoms with van der Waals surface area (Å²) in [5.74, 6) is 0.924. The summed E-state index contributed by atoms with van der Waals surface area (Å²) in [7, 11) is 2.08. The van der Waals surface area contributed by atoms with Crippen molar-refractivity contribution in [3.8, 4) is 0 Å². The minimum Gasteiger partial charge on any atom is -0.348 e. The molecule has 20 heavy (non-hydrogen) atoms. The molecule has 1 fully saturated rings. The second-order valence-corrected chi connectivity index (χ2v) is 8.18. The molecule has 2 aliphatic carbocycles. The molecule has 2 aliphatic rings. The van der Waals surface area contributed by atoms with Crippen LogP contribution in [0.5, 0.6) is 0 Å². The van der Waals surface area contributed by atoms with Crippen LogP contribution in [0.2, 0.25) is 0 Å². The third-order valence-electron chi connectivity index (χ3n) is 4.61. The molecule has 0 radical (unpaired) electrons. The van der Waals surface area contributed by atoms with E-state index in [-0.39, 0.29) is 0 Å². The van der Waals surface area contributed by atoms with Crippen molar-refractivity contribution in [2.24, 2.45) is 11.3 Å². The second-order valence-electron chi connectivity index (χ2n) is 7.18. The molecule has 1 atom stereocenters. The minimum atomic E-state index is 0.361. The van der Waals surface area contributed by atoms with E-state index in [0.29, 0.717) is 11.5 Å². The van der Waals surface area contributed by atoms with Gasteiger partial charge < -0.3 is 10.2 Å². The fourth-order valence-electron chi connectivity index (χ4n) is 3.24. The normalized spacial score (nSPS) is 24.5. The van der Waals surface area contributed by atoms with Crippen molar-refractivity contribution >= 4 is 16.5 Å². The first-order valence-corrected chi connectivity index (χ1v) is 8.76. The molecular weight excluding hydrogens is 266 g/mol. The van der Waals surface area contributed by atoms with Gasteiger partial charge in [-0.2, -0.15) is 0 Å². The quantitative estimate of drug-likeness (QED) is 0.899. The second kappa shape index (κ2) is 5.30. The van der Waals surface area contributed by atoms with Gasteiger partial charge in [0.05, 0.1) is 5.69 Å².